The monoisotopic (exact) mass is 281 g/mol. The van der Waals surface area contributed by atoms with Crippen LogP contribution in [0.15, 0.2) is 42.5 Å². The van der Waals surface area contributed by atoms with Gasteiger partial charge in [-0.2, -0.15) is 0 Å². The first-order valence-corrected chi connectivity index (χ1v) is 5.48. The van der Waals surface area contributed by atoms with Gasteiger partial charge in [0.2, 0.25) is 0 Å². The van der Waals surface area contributed by atoms with Crippen LogP contribution in [0.1, 0.15) is 9.49 Å². The summed E-state index contributed by atoms with van der Waals surface area (Å²) in [5.41, 5.74) is 1.32. The van der Waals surface area contributed by atoms with E-state index < -0.39 is 0 Å². The lowest BCUT2D eigenvalue weighted by atomic mass is 10.0. The second-order valence-corrected chi connectivity index (χ2v) is 4.54. The minimum absolute atomic E-state index is 0.323. The van der Waals surface area contributed by atoms with Crippen LogP contribution in [0.25, 0.3) is 10.8 Å². The molecule has 1 radical (unpaired) electrons. The SMILES string of the molecule is [CH2]C(I)c1cccc2ccccc12. The molecule has 2 aromatic carbocycles. The molecule has 0 heterocycles. The predicted molar refractivity (Wildman–Crippen MR) is 66.1 cm³/mol. The van der Waals surface area contributed by atoms with Gasteiger partial charge in [-0.3, -0.25) is 0 Å². The summed E-state index contributed by atoms with van der Waals surface area (Å²) >= 11 is 2.35. The molecule has 2 aromatic rings. The average Bonchev–Trinajstić information content (AvgIpc) is 2.17. The van der Waals surface area contributed by atoms with Crippen LogP contribution in [0.4, 0.5) is 0 Å². The quantitative estimate of drug-likeness (QED) is 0.544. The number of hydrogen-bond donors (Lipinski definition) is 0. The van der Waals surface area contributed by atoms with Crippen LogP contribution in [-0.4, -0.2) is 0 Å². The topological polar surface area (TPSA) is 0 Å². The molecule has 0 bridgehead atoms. The van der Waals surface area contributed by atoms with Crippen LogP contribution in [0.5, 0.6) is 0 Å². The molecule has 0 amide bonds. The van der Waals surface area contributed by atoms with Crippen molar-refractivity contribution < 1.29 is 0 Å². The highest BCUT2D eigenvalue weighted by Crippen LogP contribution is 2.28. The minimum atomic E-state index is 0.323. The number of hydrogen-bond acceptors (Lipinski definition) is 0. The average molecular weight is 281 g/mol. The molecule has 0 saturated heterocycles. The van der Waals surface area contributed by atoms with Gasteiger partial charge in [0.15, 0.2) is 0 Å². The predicted octanol–water partition coefficient (Wildman–Crippen LogP) is 4.15. The molecule has 0 aliphatic rings. The lowest BCUT2D eigenvalue weighted by Gasteiger charge is -2.07. The standard InChI is InChI=1S/C12H10I/c1-9(13)11-8-4-6-10-5-2-3-7-12(10)11/h2-9H,1H2. The lowest BCUT2D eigenvalue weighted by Crippen LogP contribution is -1.85. The fraction of sp³-hybridized carbons (Fsp3) is 0.0833. The zero-order chi connectivity index (χ0) is 9.26. The maximum Gasteiger partial charge on any atom is 0.0366 e. The summed E-state index contributed by atoms with van der Waals surface area (Å²) in [4.78, 5) is 0. The van der Waals surface area contributed by atoms with E-state index in [0.29, 0.717) is 3.92 Å². The van der Waals surface area contributed by atoms with Crippen molar-refractivity contribution in [1.29, 1.82) is 0 Å². The number of rotatable bonds is 1. The highest BCUT2D eigenvalue weighted by molar-refractivity contribution is 14.1. The van der Waals surface area contributed by atoms with E-state index in [1.54, 1.807) is 0 Å². The molecular formula is C12H10I. The van der Waals surface area contributed by atoms with Gasteiger partial charge in [0.25, 0.3) is 0 Å². The highest BCUT2D eigenvalue weighted by Gasteiger charge is 2.04. The van der Waals surface area contributed by atoms with Crippen LogP contribution >= 0.6 is 22.6 Å². The van der Waals surface area contributed by atoms with Gasteiger partial charge < -0.3 is 0 Å². The third-order valence-electron chi connectivity index (χ3n) is 2.16. The first kappa shape index (κ1) is 9.00. The van der Waals surface area contributed by atoms with Crippen LogP contribution in [-0.2, 0) is 0 Å². The molecule has 13 heavy (non-hydrogen) atoms. The molecule has 0 nitrogen and oxygen atoms in total. The highest BCUT2D eigenvalue weighted by atomic mass is 127. The van der Waals surface area contributed by atoms with Gasteiger partial charge in [-0.05, 0) is 23.3 Å². The molecule has 0 fully saturated rings. The smallest absolute Gasteiger partial charge is 0.0366 e. The molecule has 1 atom stereocenters. The van der Waals surface area contributed by atoms with Crippen molar-refractivity contribution in [2.75, 3.05) is 0 Å². The van der Waals surface area contributed by atoms with Crippen LogP contribution in [0.3, 0.4) is 0 Å². The van der Waals surface area contributed by atoms with Crippen molar-refractivity contribution in [3.8, 4) is 0 Å². The van der Waals surface area contributed by atoms with Gasteiger partial charge in [0, 0.05) is 3.92 Å². The van der Waals surface area contributed by atoms with Crippen molar-refractivity contribution in [3.05, 3.63) is 55.0 Å². The summed E-state index contributed by atoms with van der Waals surface area (Å²) in [6.45, 7) is 4.05. The molecule has 1 unspecified atom stereocenters. The Labute approximate surface area is 92.1 Å². The minimum Gasteiger partial charge on any atom is -0.0774 e. The first-order chi connectivity index (χ1) is 6.29. The summed E-state index contributed by atoms with van der Waals surface area (Å²) in [7, 11) is 0. The molecule has 0 N–H and O–H groups in total. The normalized spacial score (nSPS) is 13.1. The zero-order valence-corrected chi connectivity index (χ0v) is 9.36. The summed E-state index contributed by atoms with van der Waals surface area (Å²) in [6.07, 6.45) is 0. The van der Waals surface area contributed by atoms with Gasteiger partial charge in [-0.25, -0.2) is 0 Å². The number of benzene rings is 2. The number of halogens is 1. The zero-order valence-electron chi connectivity index (χ0n) is 7.20. The van der Waals surface area contributed by atoms with Gasteiger partial charge in [-0.1, -0.05) is 65.1 Å². The lowest BCUT2D eigenvalue weighted by molar-refractivity contribution is 1.31. The summed E-state index contributed by atoms with van der Waals surface area (Å²) < 4.78 is 0.323. The van der Waals surface area contributed by atoms with E-state index in [4.69, 9.17) is 0 Å². The molecule has 0 spiro atoms. The first-order valence-electron chi connectivity index (χ1n) is 4.24. The Kier molecular flexibility index (Phi) is 2.54. The van der Waals surface area contributed by atoms with E-state index in [9.17, 15) is 0 Å². The molecule has 1 heteroatoms. The van der Waals surface area contributed by atoms with Crippen LogP contribution in [0.2, 0.25) is 0 Å². The Hall–Kier alpha value is -0.570. The molecule has 0 aliphatic heterocycles. The molecular weight excluding hydrogens is 271 g/mol. The Morgan fingerprint density at radius 2 is 1.69 bits per heavy atom. The van der Waals surface area contributed by atoms with Crippen molar-refractivity contribution in [2.45, 2.75) is 3.92 Å². The van der Waals surface area contributed by atoms with Crippen molar-refractivity contribution in [3.63, 3.8) is 0 Å². The van der Waals surface area contributed by atoms with Crippen LogP contribution in [0, 0.1) is 6.92 Å². The van der Waals surface area contributed by atoms with E-state index in [0.717, 1.165) is 0 Å². The van der Waals surface area contributed by atoms with E-state index in [-0.39, 0.29) is 0 Å². The molecule has 65 valence electrons. The fourth-order valence-electron chi connectivity index (χ4n) is 1.52. The second-order valence-electron chi connectivity index (χ2n) is 3.04. The summed E-state index contributed by atoms with van der Waals surface area (Å²) in [5.74, 6) is 0. The van der Waals surface area contributed by atoms with E-state index in [1.165, 1.54) is 16.3 Å². The Morgan fingerprint density at radius 3 is 2.46 bits per heavy atom. The van der Waals surface area contributed by atoms with E-state index >= 15 is 0 Å². The van der Waals surface area contributed by atoms with Gasteiger partial charge in [0.1, 0.15) is 0 Å². The molecule has 0 saturated carbocycles. The molecule has 2 rings (SSSR count). The Morgan fingerprint density at radius 1 is 1.00 bits per heavy atom. The maximum absolute atomic E-state index is 4.05. The van der Waals surface area contributed by atoms with Crippen LogP contribution < -0.4 is 0 Å². The third-order valence-corrected chi connectivity index (χ3v) is 2.83. The van der Waals surface area contributed by atoms with Gasteiger partial charge >= 0.3 is 0 Å². The van der Waals surface area contributed by atoms with Crippen molar-refractivity contribution >= 4 is 33.4 Å². The largest absolute Gasteiger partial charge is 0.0774 e. The Balaban J connectivity index is 2.76. The third kappa shape index (κ3) is 1.70. The fourth-order valence-corrected chi connectivity index (χ4v) is 2.07. The number of alkyl halides is 1. The second kappa shape index (κ2) is 3.66. The maximum atomic E-state index is 4.05. The Bertz CT molecular complexity index is 413. The van der Waals surface area contributed by atoms with Gasteiger partial charge in [-0.15, -0.1) is 0 Å². The van der Waals surface area contributed by atoms with Gasteiger partial charge in [0.05, 0.1) is 0 Å². The summed E-state index contributed by atoms with van der Waals surface area (Å²) in [6, 6.07) is 14.8. The van der Waals surface area contributed by atoms with Crippen molar-refractivity contribution in [2.24, 2.45) is 0 Å². The van der Waals surface area contributed by atoms with Crippen molar-refractivity contribution in [1.82, 2.24) is 0 Å². The summed E-state index contributed by atoms with van der Waals surface area (Å²) in [5, 5.41) is 2.62. The van der Waals surface area contributed by atoms with E-state index in [1.807, 2.05) is 0 Å². The molecule has 0 aromatic heterocycles. The number of fused-ring (bicyclic) bond motifs is 1. The molecule has 0 aliphatic carbocycles. The van der Waals surface area contributed by atoms with E-state index in [2.05, 4.69) is 72.0 Å².